The Morgan fingerprint density at radius 2 is 2.03 bits per heavy atom. The molecule has 4 heterocycles. The van der Waals surface area contributed by atoms with Gasteiger partial charge in [-0.15, -0.1) is 0 Å². The zero-order chi connectivity index (χ0) is 21.5. The van der Waals surface area contributed by atoms with Crippen molar-refractivity contribution in [1.29, 1.82) is 0 Å². The fourth-order valence-corrected chi connectivity index (χ4v) is 3.68. The molecule has 7 heteroatoms. The van der Waals surface area contributed by atoms with Gasteiger partial charge in [0.15, 0.2) is 12.0 Å². The zero-order valence-corrected chi connectivity index (χ0v) is 17.1. The number of nitrogens with zero attached hydrogens (tertiary/aromatic N) is 2. The second kappa shape index (κ2) is 9.95. The third-order valence-corrected chi connectivity index (χ3v) is 5.15. The van der Waals surface area contributed by atoms with Gasteiger partial charge in [-0.25, -0.2) is 4.98 Å². The third-order valence-electron chi connectivity index (χ3n) is 5.15. The van der Waals surface area contributed by atoms with Gasteiger partial charge in [0.1, 0.15) is 23.4 Å². The number of hydrogen-bond acceptors (Lipinski definition) is 7. The van der Waals surface area contributed by atoms with E-state index in [0.717, 1.165) is 54.8 Å². The molecule has 0 bridgehead atoms. The number of fused-ring (bicyclic) bond motifs is 1. The van der Waals surface area contributed by atoms with Crippen molar-refractivity contribution in [2.24, 2.45) is 0 Å². The van der Waals surface area contributed by atoms with Gasteiger partial charge in [-0.2, -0.15) is 0 Å². The fourth-order valence-electron chi connectivity index (χ4n) is 3.68. The average molecular weight is 419 g/mol. The van der Waals surface area contributed by atoms with Crippen LogP contribution in [0.1, 0.15) is 29.2 Å². The number of nitrogens with two attached hydrogens (primary N) is 1. The maximum atomic E-state index is 9.77. The third kappa shape index (κ3) is 5.52. The summed E-state index contributed by atoms with van der Waals surface area (Å²) >= 11 is 0. The van der Waals surface area contributed by atoms with Crippen molar-refractivity contribution in [1.82, 2.24) is 9.88 Å². The van der Waals surface area contributed by atoms with Crippen molar-refractivity contribution in [3.63, 3.8) is 0 Å². The van der Waals surface area contributed by atoms with Crippen LogP contribution in [0, 0.1) is 0 Å². The normalized spacial score (nSPS) is 16.5. The number of nitrogen functional groups attached to an aromatic ring is 1. The molecule has 7 nitrogen and oxygen atoms in total. The minimum atomic E-state index is 0.199. The van der Waals surface area contributed by atoms with E-state index in [1.807, 2.05) is 36.4 Å². The summed E-state index contributed by atoms with van der Waals surface area (Å²) in [4.78, 5) is 16.3. The summed E-state index contributed by atoms with van der Waals surface area (Å²) < 4.78 is 16.3. The fraction of sp³-hybridized carbons (Fsp3) is 0.250. The number of benzene rings is 1. The summed E-state index contributed by atoms with van der Waals surface area (Å²) in [6.07, 6.45) is 7.99. The topological polar surface area (TPSA) is 94.7 Å². The molecule has 0 radical (unpaired) electrons. The quantitative estimate of drug-likeness (QED) is 0.474. The molecule has 1 aliphatic rings. The van der Waals surface area contributed by atoms with Crippen LogP contribution in [0.15, 0.2) is 76.1 Å². The van der Waals surface area contributed by atoms with Crippen molar-refractivity contribution in [3.05, 3.63) is 78.8 Å². The molecule has 160 valence electrons. The van der Waals surface area contributed by atoms with Crippen molar-refractivity contribution >= 4 is 22.9 Å². The lowest BCUT2D eigenvalue weighted by molar-refractivity contribution is 0.0803. The highest BCUT2D eigenvalue weighted by Gasteiger charge is 2.22. The van der Waals surface area contributed by atoms with Crippen LogP contribution in [0.4, 0.5) is 5.82 Å². The first kappa shape index (κ1) is 20.7. The molecule has 4 aromatic rings. The van der Waals surface area contributed by atoms with E-state index in [0.29, 0.717) is 17.9 Å². The number of anilines is 1. The van der Waals surface area contributed by atoms with E-state index < -0.39 is 0 Å². The second-order valence-corrected chi connectivity index (χ2v) is 7.41. The summed E-state index contributed by atoms with van der Waals surface area (Å²) in [6.45, 7) is 2.84. The maximum absolute atomic E-state index is 9.77. The van der Waals surface area contributed by atoms with E-state index in [-0.39, 0.29) is 6.10 Å². The Morgan fingerprint density at radius 1 is 1.16 bits per heavy atom. The number of carbonyl (C=O) groups is 1. The predicted molar refractivity (Wildman–Crippen MR) is 118 cm³/mol. The molecule has 2 N–H and O–H groups in total. The van der Waals surface area contributed by atoms with Gasteiger partial charge < -0.3 is 19.3 Å². The van der Waals surface area contributed by atoms with Gasteiger partial charge in [0.2, 0.25) is 0 Å². The molecule has 1 saturated heterocycles. The van der Waals surface area contributed by atoms with Gasteiger partial charge in [0.25, 0.3) is 0 Å². The average Bonchev–Trinajstić information content (AvgIpc) is 3.49. The van der Waals surface area contributed by atoms with Crippen LogP contribution in [0.2, 0.25) is 0 Å². The number of likely N-dealkylation sites (tertiary alicyclic amines) is 1. The summed E-state index contributed by atoms with van der Waals surface area (Å²) in [7, 11) is 0. The van der Waals surface area contributed by atoms with Crippen LogP contribution >= 0.6 is 0 Å². The smallest absolute Gasteiger partial charge is 0.185 e. The molecule has 0 saturated carbocycles. The molecule has 3 aromatic heterocycles. The lowest BCUT2D eigenvalue weighted by atomic mass is 10.1. The van der Waals surface area contributed by atoms with Crippen LogP contribution < -0.4 is 10.5 Å². The van der Waals surface area contributed by atoms with Crippen LogP contribution in [-0.2, 0) is 6.54 Å². The Bertz CT molecular complexity index is 1090. The van der Waals surface area contributed by atoms with E-state index in [4.69, 9.17) is 14.9 Å². The molecule has 1 aromatic carbocycles. The number of pyridine rings is 1. The number of aromatic nitrogens is 1. The molecule has 1 fully saturated rings. The van der Waals surface area contributed by atoms with E-state index in [1.54, 1.807) is 24.6 Å². The summed E-state index contributed by atoms with van der Waals surface area (Å²) in [6, 6.07) is 15.2. The highest BCUT2D eigenvalue weighted by atomic mass is 16.5. The first-order chi connectivity index (χ1) is 15.2. The number of ether oxygens (including phenoxy) is 1. The molecule has 31 heavy (non-hydrogen) atoms. The van der Waals surface area contributed by atoms with Crippen LogP contribution in [-0.4, -0.2) is 35.4 Å². The Morgan fingerprint density at radius 3 is 2.77 bits per heavy atom. The van der Waals surface area contributed by atoms with E-state index >= 15 is 0 Å². The molecule has 1 unspecified atom stereocenters. The number of aldehydes is 1. The van der Waals surface area contributed by atoms with E-state index in [2.05, 4.69) is 14.3 Å². The van der Waals surface area contributed by atoms with Crippen molar-refractivity contribution in [2.75, 3.05) is 18.8 Å². The summed E-state index contributed by atoms with van der Waals surface area (Å²) in [5.74, 6) is 2.82. The summed E-state index contributed by atoms with van der Waals surface area (Å²) in [5, 5.41) is 2.02. The maximum Gasteiger partial charge on any atom is 0.185 e. The van der Waals surface area contributed by atoms with Gasteiger partial charge in [-0.1, -0.05) is 0 Å². The van der Waals surface area contributed by atoms with Crippen LogP contribution in [0.3, 0.4) is 0 Å². The van der Waals surface area contributed by atoms with E-state index in [1.165, 1.54) is 6.26 Å². The van der Waals surface area contributed by atoms with Crippen molar-refractivity contribution < 1.29 is 18.4 Å². The molecule has 0 spiro atoms. The van der Waals surface area contributed by atoms with Crippen molar-refractivity contribution in [2.45, 2.75) is 25.5 Å². The predicted octanol–water partition coefficient (Wildman–Crippen LogP) is 4.55. The number of hydrogen-bond donors (Lipinski definition) is 1. The molecular weight excluding hydrogens is 394 g/mol. The first-order valence-electron chi connectivity index (χ1n) is 10.3. The molecule has 0 amide bonds. The Hall–Kier alpha value is -3.58. The van der Waals surface area contributed by atoms with Crippen LogP contribution in [0.5, 0.6) is 5.75 Å². The van der Waals surface area contributed by atoms with Gasteiger partial charge in [-0.3, -0.25) is 9.69 Å². The minimum Gasteiger partial charge on any atom is -0.489 e. The zero-order valence-electron chi connectivity index (χ0n) is 17.1. The van der Waals surface area contributed by atoms with E-state index in [9.17, 15) is 4.79 Å². The molecule has 0 aliphatic carbocycles. The van der Waals surface area contributed by atoms with Gasteiger partial charge in [0.05, 0.1) is 19.1 Å². The van der Waals surface area contributed by atoms with Gasteiger partial charge in [-0.05, 0) is 73.3 Å². The monoisotopic (exact) mass is 419 g/mol. The Kier molecular flexibility index (Phi) is 6.64. The first-order valence-corrected chi connectivity index (χ1v) is 10.3. The number of rotatable bonds is 5. The Balaban J connectivity index is 0.000000282. The largest absolute Gasteiger partial charge is 0.489 e. The van der Waals surface area contributed by atoms with Crippen LogP contribution in [0.25, 0.3) is 10.8 Å². The molecule has 5 rings (SSSR count). The number of carbonyl (C=O) groups excluding carboxylic acids is 1. The molecule has 1 aliphatic heterocycles. The van der Waals surface area contributed by atoms with Crippen molar-refractivity contribution in [3.8, 4) is 5.75 Å². The number of furan rings is 2. The number of piperidine rings is 1. The molecular formula is C24H25N3O4. The highest BCUT2D eigenvalue weighted by molar-refractivity contribution is 5.91. The minimum absolute atomic E-state index is 0.199. The van der Waals surface area contributed by atoms with Gasteiger partial charge in [0, 0.05) is 18.1 Å². The SMILES string of the molecule is Nc1nccc2cc(OC3CCCN(Cc4ccco4)C3)ccc12.O=Cc1ccco1. The second-order valence-electron chi connectivity index (χ2n) is 7.41. The summed E-state index contributed by atoms with van der Waals surface area (Å²) in [5.41, 5.74) is 5.91. The van der Waals surface area contributed by atoms with Gasteiger partial charge >= 0.3 is 0 Å². The standard InChI is InChI=1S/C19H21N3O2.C5H4O2/c20-19-18-6-5-15(11-14(18)7-8-21-19)24-17-3-1-9-22(13-17)12-16-4-2-10-23-16;6-4-5-2-1-3-7-5/h2,4-8,10-11,17H,1,3,9,12-13H2,(H2,20,21);1-4H. The molecule has 1 atom stereocenters. The lowest BCUT2D eigenvalue weighted by Crippen LogP contribution is -2.40. The highest BCUT2D eigenvalue weighted by Crippen LogP contribution is 2.26. The Labute approximate surface area is 180 Å². The lowest BCUT2D eigenvalue weighted by Gasteiger charge is -2.32.